The zero-order chi connectivity index (χ0) is 12.8. The smallest absolute Gasteiger partial charge is 0.267 e. The van der Waals surface area contributed by atoms with E-state index in [2.05, 4.69) is 31.4 Å². The molecule has 2 rings (SSSR count). The highest BCUT2D eigenvalue weighted by molar-refractivity contribution is 9.10. The summed E-state index contributed by atoms with van der Waals surface area (Å²) in [5.74, 6) is -0.249. The van der Waals surface area contributed by atoms with Crippen LogP contribution in [0.5, 0.6) is 0 Å². The molecule has 0 spiro atoms. The van der Waals surface area contributed by atoms with Gasteiger partial charge in [0.2, 0.25) is 0 Å². The maximum Gasteiger partial charge on any atom is 0.271 e. The van der Waals surface area contributed by atoms with Crippen LogP contribution in [0.1, 0.15) is 15.9 Å². The maximum absolute atomic E-state index is 11.7. The summed E-state index contributed by atoms with van der Waals surface area (Å²) in [5, 5.41) is 3.88. The minimum Gasteiger partial charge on any atom is -0.267 e. The van der Waals surface area contributed by atoms with Gasteiger partial charge in [0.05, 0.1) is 6.21 Å². The molecule has 1 N–H and O–H groups in total. The third-order valence-electron chi connectivity index (χ3n) is 2.17. The van der Waals surface area contributed by atoms with Gasteiger partial charge < -0.3 is 0 Å². The molecule has 0 aliphatic rings. The van der Waals surface area contributed by atoms with Crippen LogP contribution in [0.2, 0.25) is 0 Å². The van der Waals surface area contributed by atoms with E-state index in [1.165, 1.54) is 0 Å². The standard InChI is InChI=1S/C13H10BrN3O/c14-12-3-1-2-11(8-12)13(18)17-16-9-10-4-6-15-7-5-10/h1-9H,(H,17,18)/b16-9+. The maximum atomic E-state index is 11.7. The van der Waals surface area contributed by atoms with Crippen LogP contribution < -0.4 is 5.43 Å². The number of hydrogen-bond acceptors (Lipinski definition) is 3. The molecular formula is C13H10BrN3O. The summed E-state index contributed by atoms with van der Waals surface area (Å²) in [6.45, 7) is 0. The topological polar surface area (TPSA) is 54.4 Å². The number of benzene rings is 1. The highest BCUT2D eigenvalue weighted by atomic mass is 79.9. The van der Waals surface area contributed by atoms with Gasteiger partial charge in [0.15, 0.2) is 0 Å². The van der Waals surface area contributed by atoms with Crippen LogP contribution >= 0.6 is 15.9 Å². The van der Waals surface area contributed by atoms with Gasteiger partial charge in [-0.15, -0.1) is 0 Å². The Hall–Kier alpha value is -2.01. The van der Waals surface area contributed by atoms with E-state index >= 15 is 0 Å². The monoisotopic (exact) mass is 303 g/mol. The summed E-state index contributed by atoms with van der Waals surface area (Å²) in [6.07, 6.45) is 4.90. The van der Waals surface area contributed by atoms with Crippen LogP contribution in [0.15, 0.2) is 58.4 Å². The van der Waals surface area contributed by atoms with E-state index in [1.807, 2.05) is 6.07 Å². The Balaban J connectivity index is 1.99. The van der Waals surface area contributed by atoms with E-state index in [0.29, 0.717) is 5.56 Å². The third kappa shape index (κ3) is 3.49. The number of aromatic nitrogens is 1. The lowest BCUT2D eigenvalue weighted by molar-refractivity contribution is 0.0955. The third-order valence-corrected chi connectivity index (χ3v) is 2.67. The van der Waals surface area contributed by atoms with Gasteiger partial charge in [-0.2, -0.15) is 5.10 Å². The van der Waals surface area contributed by atoms with Crippen LogP contribution in [0, 0.1) is 0 Å². The lowest BCUT2D eigenvalue weighted by Crippen LogP contribution is -2.17. The van der Waals surface area contributed by atoms with Crippen molar-refractivity contribution in [3.05, 3.63) is 64.4 Å². The molecule has 0 radical (unpaired) electrons. The lowest BCUT2D eigenvalue weighted by Gasteiger charge is -1.99. The van der Waals surface area contributed by atoms with E-state index in [-0.39, 0.29) is 5.91 Å². The summed E-state index contributed by atoms with van der Waals surface area (Å²) in [6, 6.07) is 10.7. The van der Waals surface area contributed by atoms with Crippen LogP contribution in [0.4, 0.5) is 0 Å². The Bertz CT molecular complexity index is 569. The summed E-state index contributed by atoms with van der Waals surface area (Å²) >= 11 is 3.31. The van der Waals surface area contributed by atoms with E-state index in [1.54, 1.807) is 48.9 Å². The van der Waals surface area contributed by atoms with Gasteiger partial charge in [-0.25, -0.2) is 5.43 Å². The molecule has 0 bridgehead atoms. The summed E-state index contributed by atoms with van der Waals surface area (Å²) < 4.78 is 0.855. The molecule has 0 aliphatic carbocycles. The second kappa shape index (κ2) is 6.07. The minimum absolute atomic E-state index is 0.249. The number of nitrogens with one attached hydrogen (secondary N) is 1. The van der Waals surface area contributed by atoms with Crippen LogP contribution in [0.3, 0.4) is 0 Å². The molecule has 0 aliphatic heterocycles. The molecule has 1 aromatic heterocycles. The van der Waals surface area contributed by atoms with Crippen molar-refractivity contribution in [2.45, 2.75) is 0 Å². The average molecular weight is 304 g/mol. The molecule has 18 heavy (non-hydrogen) atoms. The fourth-order valence-electron chi connectivity index (χ4n) is 1.31. The number of nitrogens with zero attached hydrogens (tertiary/aromatic N) is 2. The van der Waals surface area contributed by atoms with E-state index < -0.39 is 0 Å². The Morgan fingerprint density at radius 1 is 1.28 bits per heavy atom. The summed E-state index contributed by atoms with van der Waals surface area (Å²) in [5.41, 5.74) is 3.89. The van der Waals surface area contributed by atoms with Gasteiger partial charge >= 0.3 is 0 Å². The number of halogens is 1. The van der Waals surface area contributed by atoms with Gasteiger partial charge in [-0.1, -0.05) is 22.0 Å². The molecule has 2 aromatic rings. The van der Waals surface area contributed by atoms with Crippen molar-refractivity contribution in [2.75, 3.05) is 0 Å². The molecule has 1 heterocycles. The van der Waals surface area contributed by atoms with Gasteiger partial charge in [-0.05, 0) is 35.9 Å². The molecular weight excluding hydrogens is 294 g/mol. The zero-order valence-corrected chi connectivity index (χ0v) is 11.0. The molecule has 0 saturated heterocycles. The minimum atomic E-state index is -0.249. The molecule has 90 valence electrons. The van der Waals surface area contributed by atoms with Gasteiger partial charge in [-0.3, -0.25) is 9.78 Å². The fraction of sp³-hybridized carbons (Fsp3) is 0. The first-order valence-electron chi connectivity index (χ1n) is 5.25. The number of amides is 1. The van der Waals surface area contributed by atoms with Crippen LogP contribution in [0.25, 0.3) is 0 Å². The van der Waals surface area contributed by atoms with Gasteiger partial charge in [0, 0.05) is 22.4 Å². The first kappa shape index (κ1) is 12.4. The van der Waals surface area contributed by atoms with Crippen molar-refractivity contribution in [3.8, 4) is 0 Å². The Morgan fingerprint density at radius 3 is 2.78 bits per heavy atom. The van der Waals surface area contributed by atoms with Crippen LogP contribution in [-0.2, 0) is 0 Å². The molecule has 1 amide bonds. The second-order valence-electron chi connectivity index (χ2n) is 3.49. The normalized spacial score (nSPS) is 10.5. The van der Waals surface area contributed by atoms with E-state index in [9.17, 15) is 4.79 Å². The van der Waals surface area contributed by atoms with Crippen molar-refractivity contribution >= 4 is 28.1 Å². The Labute approximate surface area is 113 Å². The van der Waals surface area contributed by atoms with Gasteiger partial charge in [0.25, 0.3) is 5.91 Å². The molecule has 1 aromatic carbocycles. The molecule has 0 unspecified atom stereocenters. The molecule has 0 saturated carbocycles. The predicted molar refractivity (Wildman–Crippen MR) is 73.4 cm³/mol. The number of hydrogen-bond donors (Lipinski definition) is 1. The van der Waals surface area contributed by atoms with Gasteiger partial charge in [0.1, 0.15) is 0 Å². The summed E-state index contributed by atoms with van der Waals surface area (Å²) in [4.78, 5) is 15.6. The van der Waals surface area contributed by atoms with Crippen molar-refractivity contribution < 1.29 is 4.79 Å². The second-order valence-corrected chi connectivity index (χ2v) is 4.41. The largest absolute Gasteiger partial charge is 0.271 e. The fourth-order valence-corrected chi connectivity index (χ4v) is 1.71. The Kier molecular flexibility index (Phi) is 4.20. The molecule has 0 fully saturated rings. The highest BCUT2D eigenvalue weighted by Gasteiger charge is 2.03. The first-order chi connectivity index (χ1) is 8.75. The number of rotatable bonds is 3. The molecule has 4 nitrogen and oxygen atoms in total. The number of carbonyl (C=O) groups is 1. The Morgan fingerprint density at radius 2 is 2.06 bits per heavy atom. The zero-order valence-electron chi connectivity index (χ0n) is 9.38. The number of hydrazone groups is 1. The predicted octanol–water partition coefficient (Wildman–Crippen LogP) is 2.61. The van der Waals surface area contributed by atoms with Crippen molar-refractivity contribution in [1.29, 1.82) is 0 Å². The lowest BCUT2D eigenvalue weighted by atomic mass is 10.2. The first-order valence-corrected chi connectivity index (χ1v) is 6.04. The van der Waals surface area contributed by atoms with E-state index in [4.69, 9.17) is 0 Å². The molecule has 0 atom stereocenters. The average Bonchev–Trinajstić information content (AvgIpc) is 2.40. The van der Waals surface area contributed by atoms with Crippen molar-refractivity contribution in [2.24, 2.45) is 5.10 Å². The highest BCUT2D eigenvalue weighted by Crippen LogP contribution is 2.11. The molecule has 5 heteroatoms. The SMILES string of the molecule is O=C(N/N=C/c1ccncc1)c1cccc(Br)c1. The number of carbonyl (C=O) groups excluding carboxylic acids is 1. The quantitative estimate of drug-likeness (QED) is 0.700. The van der Waals surface area contributed by atoms with E-state index in [0.717, 1.165) is 10.0 Å². The van der Waals surface area contributed by atoms with Crippen molar-refractivity contribution in [3.63, 3.8) is 0 Å². The van der Waals surface area contributed by atoms with Crippen molar-refractivity contribution in [1.82, 2.24) is 10.4 Å². The number of pyridine rings is 1. The van der Waals surface area contributed by atoms with Crippen LogP contribution in [-0.4, -0.2) is 17.1 Å². The summed E-state index contributed by atoms with van der Waals surface area (Å²) in [7, 11) is 0.